The van der Waals surface area contributed by atoms with Crippen molar-refractivity contribution in [3.05, 3.63) is 11.6 Å². The molecule has 0 aliphatic heterocycles. The molecule has 0 bridgehead atoms. The van der Waals surface area contributed by atoms with Crippen LogP contribution in [-0.2, 0) is 9.59 Å². The van der Waals surface area contributed by atoms with Crippen LogP contribution in [0.2, 0.25) is 0 Å². The van der Waals surface area contributed by atoms with Crippen LogP contribution in [0.25, 0.3) is 0 Å². The summed E-state index contributed by atoms with van der Waals surface area (Å²) in [5.74, 6) is -0.0108. The summed E-state index contributed by atoms with van der Waals surface area (Å²) in [6.07, 6.45) is 2.30. The van der Waals surface area contributed by atoms with Crippen LogP contribution in [0.3, 0.4) is 0 Å². The first-order valence-electron chi connectivity index (χ1n) is 5.67. The Morgan fingerprint density at radius 1 is 1.44 bits per heavy atom. The predicted octanol–water partition coefficient (Wildman–Crippen LogP) is 1.89. The quantitative estimate of drug-likeness (QED) is 0.701. The van der Waals surface area contributed by atoms with Crippen molar-refractivity contribution in [2.75, 3.05) is 0 Å². The Labute approximate surface area is 96.5 Å². The minimum absolute atomic E-state index is 0.00414. The molecule has 1 aliphatic carbocycles. The molecule has 0 radical (unpaired) electrons. The topological polar surface area (TPSA) is 54.4 Å². The van der Waals surface area contributed by atoms with Crippen LogP contribution in [0.15, 0.2) is 11.6 Å². The number of ketones is 2. The molecule has 0 saturated heterocycles. The molecule has 1 aliphatic rings. The Bertz CT molecular complexity index is 339. The van der Waals surface area contributed by atoms with Gasteiger partial charge in [-0.2, -0.15) is 0 Å². The molecule has 0 spiro atoms. The Morgan fingerprint density at radius 3 is 2.38 bits per heavy atom. The molecule has 3 heteroatoms. The van der Waals surface area contributed by atoms with Gasteiger partial charge in [-0.15, -0.1) is 0 Å². The maximum absolute atomic E-state index is 11.2. The molecule has 3 nitrogen and oxygen atoms in total. The average molecular weight is 224 g/mol. The van der Waals surface area contributed by atoms with E-state index in [0.29, 0.717) is 6.42 Å². The summed E-state index contributed by atoms with van der Waals surface area (Å²) in [6.45, 7) is 7.09. The van der Waals surface area contributed by atoms with Gasteiger partial charge in [-0.1, -0.05) is 25.5 Å². The maximum Gasteiger partial charge on any atom is 0.158 e. The lowest BCUT2D eigenvalue weighted by molar-refractivity contribution is -0.125. The second kappa shape index (κ2) is 4.50. The van der Waals surface area contributed by atoms with Gasteiger partial charge in [0, 0.05) is 0 Å². The fourth-order valence-corrected chi connectivity index (χ4v) is 1.96. The minimum atomic E-state index is -0.866. The van der Waals surface area contributed by atoms with Crippen LogP contribution in [0.4, 0.5) is 0 Å². The van der Waals surface area contributed by atoms with Gasteiger partial charge in [0.25, 0.3) is 0 Å². The van der Waals surface area contributed by atoms with Crippen molar-refractivity contribution in [1.29, 1.82) is 0 Å². The van der Waals surface area contributed by atoms with E-state index in [4.69, 9.17) is 0 Å². The van der Waals surface area contributed by atoms with Crippen LogP contribution in [0, 0.1) is 11.3 Å². The molecule has 0 amide bonds. The predicted molar refractivity (Wildman–Crippen MR) is 62.0 cm³/mol. The Balaban J connectivity index is 2.45. The van der Waals surface area contributed by atoms with Gasteiger partial charge in [0.1, 0.15) is 11.9 Å². The number of hydrogen-bond acceptors (Lipinski definition) is 3. The van der Waals surface area contributed by atoms with Crippen molar-refractivity contribution in [1.82, 2.24) is 0 Å². The summed E-state index contributed by atoms with van der Waals surface area (Å²) in [5.41, 5.74) is 1.06. The van der Waals surface area contributed by atoms with E-state index in [9.17, 15) is 14.7 Å². The molecule has 2 unspecified atom stereocenters. The van der Waals surface area contributed by atoms with Crippen molar-refractivity contribution >= 4 is 11.6 Å². The van der Waals surface area contributed by atoms with Crippen molar-refractivity contribution in [3.8, 4) is 0 Å². The molecule has 2 atom stereocenters. The molecule has 0 aromatic rings. The number of rotatable bonds is 6. The monoisotopic (exact) mass is 224 g/mol. The molecule has 1 rings (SSSR count). The van der Waals surface area contributed by atoms with Gasteiger partial charge in [-0.3, -0.25) is 9.59 Å². The van der Waals surface area contributed by atoms with Gasteiger partial charge in [0.05, 0.1) is 5.92 Å². The van der Waals surface area contributed by atoms with Gasteiger partial charge in [-0.25, -0.2) is 0 Å². The highest BCUT2D eigenvalue weighted by Crippen LogP contribution is 2.46. The Hall–Kier alpha value is -0.960. The van der Waals surface area contributed by atoms with Gasteiger partial charge in [0.2, 0.25) is 0 Å². The van der Waals surface area contributed by atoms with Crippen LogP contribution in [0.1, 0.15) is 40.5 Å². The number of carbonyl (C=O) groups excluding carboxylic acids is 2. The fraction of sp³-hybridized carbons (Fsp3) is 0.692. The molecule has 0 aromatic heterocycles. The number of aliphatic hydroxyl groups is 1. The molecule has 0 aromatic carbocycles. The zero-order chi connectivity index (χ0) is 12.5. The number of Topliss-reactive ketones (excluding diaryl/α,β-unsaturated/α-hetero) is 2. The van der Waals surface area contributed by atoms with E-state index in [1.165, 1.54) is 6.92 Å². The van der Waals surface area contributed by atoms with Gasteiger partial charge >= 0.3 is 0 Å². The summed E-state index contributed by atoms with van der Waals surface area (Å²) in [5, 5.41) is 9.43. The van der Waals surface area contributed by atoms with Crippen molar-refractivity contribution < 1.29 is 14.7 Å². The third-order valence-electron chi connectivity index (χ3n) is 3.30. The normalized spacial score (nSPS) is 21.3. The molecular weight excluding hydrogens is 204 g/mol. The van der Waals surface area contributed by atoms with Crippen LogP contribution in [0.5, 0.6) is 0 Å². The number of hydrogen-bond donors (Lipinski definition) is 1. The van der Waals surface area contributed by atoms with E-state index >= 15 is 0 Å². The lowest BCUT2D eigenvalue weighted by Crippen LogP contribution is -2.21. The summed E-state index contributed by atoms with van der Waals surface area (Å²) < 4.78 is 0. The van der Waals surface area contributed by atoms with Crippen molar-refractivity contribution in [2.45, 2.75) is 46.6 Å². The lowest BCUT2D eigenvalue weighted by Gasteiger charge is -2.24. The standard InChI is InChI=1S/C13H20O3/c1-8(14)10-7-11(10)13(3,4)6-5-12(16)9(2)15/h7,10,12,16H,5-6H2,1-4H3. The van der Waals surface area contributed by atoms with Gasteiger partial charge in [-0.05, 0) is 32.1 Å². The third kappa shape index (κ3) is 3.01. The van der Waals surface area contributed by atoms with E-state index in [2.05, 4.69) is 13.8 Å². The fourth-order valence-electron chi connectivity index (χ4n) is 1.96. The van der Waals surface area contributed by atoms with E-state index in [1.807, 2.05) is 6.08 Å². The molecule has 0 heterocycles. The number of allylic oxidation sites excluding steroid dienone is 2. The van der Waals surface area contributed by atoms with Crippen molar-refractivity contribution in [2.24, 2.45) is 11.3 Å². The maximum atomic E-state index is 11.2. The highest BCUT2D eigenvalue weighted by molar-refractivity contribution is 5.88. The zero-order valence-corrected chi connectivity index (χ0v) is 10.4. The van der Waals surface area contributed by atoms with E-state index in [0.717, 1.165) is 12.0 Å². The Kier molecular flexibility index (Phi) is 3.68. The number of aliphatic hydroxyl groups excluding tert-OH is 1. The molecule has 16 heavy (non-hydrogen) atoms. The Morgan fingerprint density at radius 2 is 2.00 bits per heavy atom. The van der Waals surface area contributed by atoms with E-state index < -0.39 is 6.10 Å². The molecule has 1 N–H and O–H groups in total. The first-order valence-corrected chi connectivity index (χ1v) is 5.67. The summed E-state index contributed by atoms with van der Waals surface area (Å²) in [7, 11) is 0. The first kappa shape index (κ1) is 13.1. The highest BCUT2D eigenvalue weighted by Gasteiger charge is 2.39. The smallest absolute Gasteiger partial charge is 0.158 e. The van der Waals surface area contributed by atoms with Gasteiger partial charge < -0.3 is 5.11 Å². The second-order valence-electron chi connectivity index (χ2n) is 5.26. The molecule has 90 valence electrons. The van der Waals surface area contributed by atoms with Crippen LogP contribution >= 0.6 is 0 Å². The second-order valence-corrected chi connectivity index (χ2v) is 5.26. The SMILES string of the molecule is CC(=O)C(O)CCC(C)(C)C1=CC1C(C)=O. The minimum Gasteiger partial charge on any atom is -0.385 e. The molecule has 0 saturated carbocycles. The summed E-state index contributed by atoms with van der Waals surface area (Å²) in [4.78, 5) is 22.1. The van der Waals surface area contributed by atoms with Gasteiger partial charge in [0.15, 0.2) is 5.78 Å². The highest BCUT2D eigenvalue weighted by atomic mass is 16.3. The van der Waals surface area contributed by atoms with E-state index in [1.54, 1.807) is 6.92 Å². The molecule has 0 fully saturated rings. The van der Waals surface area contributed by atoms with Crippen molar-refractivity contribution in [3.63, 3.8) is 0 Å². The number of carbonyl (C=O) groups is 2. The van der Waals surface area contributed by atoms with E-state index in [-0.39, 0.29) is 22.9 Å². The largest absolute Gasteiger partial charge is 0.385 e. The average Bonchev–Trinajstić information content (AvgIpc) is 2.93. The lowest BCUT2D eigenvalue weighted by atomic mass is 9.81. The first-order chi connectivity index (χ1) is 7.25. The summed E-state index contributed by atoms with van der Waals surface area (Å²) >= 11 is 0. The zero-order valence-electron chi connectivity index (χ0n) is 10.4. The van der Waals surface area contributed by atoms with Crippen LogP contribution < -0.4 is 0 Å². The third-order valence-corrected chi connectivity index (χ3v) is 3.30. The van der Waals surface area contributed by atoms with Crippen LogP contribution in [-0.4, -0.2) is 22.8 Å². The molecular formula is C13H20O3. The summed E-state index contributed by atoms with van der Waals surface area (Å²) in [6, 6.07) is 0.